The van der Waals surface area contributed by atoms with Crippen molar-refractivity contribution in [2.45, 2.75) is 97.2 Å². The summed E-state index contributed by atoms with van der Waals surface area (Å²) < 4.78 is 0. The van der Waals surface area contributed by atoms with Crippen molar-refractivity contribution < 1.29 is 20.1 Å². The molecule has 4 heteroatoms. The number of hydrogen-bond donors (Lipinski definition) is 3. The number of aliphatic hydroxyl groups is 2. The van der Waals surface area contributed by atoms with Gasteiger partial charge in [0.25, 0.3) is 0 Å². The Balaban J connectivity index is 1.55. The topological polar surface area (TPSA) is 77.8 Å². The van der Waals surface area contributed by atoms with E-state index in [0.29, 0.717) is 35.5 Å². The molecule has 0 aromatic rings. The van der Waals surface area contributed by atoms with E-state index in [1.807, 2.05) is 0 Å². The molecule has 28 heavy (non-hydrogen) atoms. The molecule has 0 radical (unpaired) electrons. The molecule has 0 aromatic heterocycles. The Morgan fingerprint density at radius 3 is 2.39 bits per heavy atom. The Labute approximate surface area is 170 Å². The number of fused-ring (bicyclic) bond motifs is 5. The van der Waals surface area contributed by atoms with E-state index in [1.54, 1.807) is 0 Å². The largest absolute Gasteiger partial charge is 0.481 e. The van der Waals surface area contributed by atoms with Gasteiger partial charge in [0.15, 0.2) is 0 Å². The fourth-order valence-electron chi connectivity index (χ4n) is 8.73. The number of carbonyl (C=O) groups is 1. The summed E-state index contributed by atoms with van der Waals surface area (Å²) in [6.45, 7) is 7.16. The van der Waals surface area contributed by atoms with E-state index in [4.69, 9.17) is 5.11 Å². The van der Waals surface area contributed by atoms with Gasteiger partial charge in [-0.15, -0.1) is 0 Å². The summed E-state index contributed by atoms with van der Waals surface area (Å²) in [6.07, 6.45) is 9.19. The van der Waals surface area contributed by atoms with Gasteiger partial charge in [-0.25, -0.2) is 0 Å². The van der Waals surface area contributed by atoms with Gasteiger partial charge in [0.1, 0.15) is 0 Å². The van der Waals surface area contributed by atoms with E-state index in [9.17, 15) is 15.0 Å². The van der Waals surface area contributed by atoms with Crippen molar-refractivity contribution in [3.63, 3.8) is 0 Å². The zero-order valence-corrected chi connectivity index (χ0v) is 17.9. The highest BCUT2D eigenvalue weighted by molar-refractivity contribution is 5.66. The molecule has 0 aliphatic heterocycles. The molecule has 4 aliphatic carbocycles. The van der Waals surface area contributed by atoms with Gasteiger partial charge in [-0.2, -0.15) is 0 Å². The predicted molar refractivity (Wildman–Crippen MR) is 109 cm³/mol. The van der Waals surface area contributed by atoms with Crippen molar-refractivity contribution in [1.29, 1.82) is 0 Å². The highest BCUT2D eigenvalue weighted by Crippen LogP contribution is 2.68. The van der Waals surface area contributed by atoms with E-state index in [2.05, 4.69) is 20.8 Å². The van der Waals surface area contributed by atoms with Crippen molar-refractivity contribution in [3.8, 4) is 0 Å². The SMILES string of the molecule is C[C@@H](CCC(=O)O)[C@H]1CC[C@H]2[C@@H]3[C@@H](O)CC4C[C@H](O)CC[C@]4(C)[C@H]3CC[C@]12C. The molecule has 4 saturated carbocycles. The molecule has 1 unspecified atom stereocenters. The number of aliphatic hydroxyl groups excluding tert-OH is 2. The quantitative estimate of drug-likeness (QED) is 0.659. The maximum atomic E-state index is 11.2. The average molecular weight is 393 g/mol. The molecule has 0 aromatic carbocycles. The van der Waals surface area contributed by atoms with Crippen LogP contribution in [0.3, 0.4) is 0 Å². The molecule has 0 saturated heterocycles. The van der Waals surface area contributed by atoms with Gasteiger partial charge >= 0.3 is 5.97 Å². The van der Waals surface area contributed by atoms with Gasteiger partial charge < -0.3 is 15.3 Å². The highest BCUT2D eigenvalue weighted by Gasteiger charge is 2.62. The summed E-state index contributed by atoms with van der Waals surface area (Å²) in [4.78, 5) is 11.1. The Morgan fingerprint density at radius 2 is 1.68 bits per heavy atom. The third-order valence-corrected chi connectivity index (χ3v) is 10.2. The lowest BCUT2D eigenvalue weighted by atomic mass is 9.43. The van der Waals surface area contributed by atoms with Gasteiger partial charge in [-0.05, 0) is 104 Å². The van der Waals surface area contributed by atoms with Crippen molar-refractivity contribution >= 4 is 5.97 Å². The second-order valence-electron chi connectivity index (χ2n) is 11.4. The lowest BCUT2D eigenvalue weighted by Crippen LogP contribution is -2.58. The van der Waals surface area contributed by atoms with E-state index < -0.39 is 5.97 Å². The zero-order chi connectivity index (χ0) is 20.3. The van der Waals surface area contributed by atoms with Crippen LogP contribution in [0.15, 0.2) is 0 Å². The third-order valence-electron chi connectivity index (χ3n) is 10.2. The summed E-state index contributed by atoms with van der Waals surface area (Å²) in [6, 6.07) is 0. The summed E-state index contributed by atoms with van der Waals surface area (Å²) in [5.74, 6) is 2.36. The fraction of sp³-hybridized carbons (Fsp3) is 0.958. The lowest BCUT2D eigenvalue weighted by molar-refractivity contribution is -0.174. The summed E-state index contributed by atoms with van der Waals surface area (Å²) in [7, 11) is 0. The van der Waals surface area contributed by atoms with Crippen LogP contribution < -0.4 is 0 Å². The van der Waals surface area contributed by atoms with Crippen LogP contribution in [0.2, 0.25) is 0 Å². The molecular formula is C24H40O4. The molecule has 10 atom stereocenters. The van der Waals surface area contributed by atoms with Crippen molar-refractivity contribution in [1.82, 2.24) is 0 Å². The average Bonchev–Trinajstić information content (AvgIpc) is 2.98. The first-order chi connectivity index (χ1) is 13.2. The van der Waals surface area contributed by atoms with Gasteiger partial charge in [0.05, 0.1) is 12.2 Å². The van der Waals surface area contributed by atoms with Gasteiger partial charge in [0.2, 0.25) is 0 Å². The van der Waals surface area contributed by atoms with Gasteiger partial charge in [0, 0.05) is 6.42 Å². The molecule has 4 nitrogen and oxygen atoms in total. The minimum atomic E-state index is -0.684. The second kappa shape index (κ2) is 7.27. The van der Waals surface area contributed by atoms with Crippen molar-refractivity contribution in [2.75, 3.05) is 0 Å². The van der Waals surface area contributed by atoms with Crippen molar-refractivity contribution in [3.05, 3.63) is 0 Å². The first kappa shape index (κ1) is 20.7. The highest BCUT2D eigenvalue weighted by atomic mass is 16.4. The molecule has 0 amide bonds. The maximum absolute atomic E-state index is 11.2. The van der Waals surface area contributed by atoms with Gasteiger partial charge in [-0.3, -0.25) is 4.79 Å². The summed E-state index contributed by atoms with van der Waals surface area (Å²) in [5, 5.41) is 30.5. The van der Waals surface area contributed by atoms with Crippen LogP contribution in [0, 0.1) is 46.3 Å². The lowest BCUT2D eigenvalue weighted by Gasteiger charge is -2.62. The first-order valence-corrected chi connectivity index (χ1v) is 11.7. The molecule has 4 aliphatic rings. The molecule has 160 valence electrons. The van der Waals surface area contributed by atoms with Crippen LogP contribution in [-0.2, 0) is 4.79 Å². The number of aliphatic carboxylic acids is 1. The molecule has 0 bridgehead atoms. The molecular weight excluding hydrogens is 352 g/mol. The Morgan fingerprint density at radius 1 is 1.00 bits per heavy atom. The summed E-state index contributed by atoms with van der Waals surface area (Å²) in [5.41, 5.74) is 0.523. The van der Waals surface area contributed by atoms with E-state index in [-0.39, 0.29) is 29.5 Å². The Bertz CT molecular complexity index is 605. The number of carboxylic acid groups (broad SMARTS) is 1. The number of hydrogen-bond acceptors (Lipinski definition) is 3. The number of rotatable bonds is 4. The normalized spacial score (nSPS) is 51.7. The smallest absolute Gasteiger partial charge is 0.303 e. The Kier molecular flexibility index (Phi) is 5.36. The monoisotopic (exact) mass is 392 g/mol. The Hall–Kier alpha value is -0.610. The van der Waals surface area contributed by atoms with E-state index in [0.717, 1.165) is 32.1 Å². The van der Waals surface area contributed by atoms with Crippen LogP contribution in [-0.4, -0.2) is 33.5 Å². The van der Waals surface area contributed by atoms with Crippen LogP contribution in [0.5, 0.6) is 0 Å². The minimum absolute atomic E-state index is 0.179. The maximum Gasteiger partial charge on any atom is 0.303 e. The van der Waals surface area contributed by atoms with Crippen molar-refractivity contribution in [2.24, 2.45) is 46.3 Å². The van der Waals surface area contributed by atoms with Crippen LogP contribution >= 0.6 is 0 Å². The standard InChI is InChI=1S/C24H40O4/c1-14(4-7-21(27)28)17-5-6-18-22-19(9-11-24(17,18)3)23(2)10-8-16(25)12-15(23)13-20(22)26/h14-20,22,25-26H,4-13H2,1-3H3,(H,27,28)/t14-,15?,16+,17+,18-,19-,20-,22-,23-,24+/m0/s1. The molecule has 3 N–H and O–H groups in total. The first-order valence-electron chi connectivity index (χ1n) is 11.7. The molecule has 0 heterocycles. The van der Waals surface area contributed by atoms with E-state index in [1.165, 1.54) is 25.7 Å². The van der Waals surface area contributed by atoms with Gasteiger partial charge in [-0.1, -0.05) is 20.8 Å². The van der Waals surface area contributed by atoms with Crippen LogP contribution in [0.4, 0.5) is 0 Å². The molecule has 0 spiro atoms. The zero-order valence-electron chi connectivity index (χ0n) is 17.9. The minimum Gasteiger partial charge on any atom is -0.481 e. The number of carboxylic acids is 1. The van der Waals surface area contributed by atoms with Crippen LogP contribution in [0.1, 0.15) is 85.0 Å². The third kappa shape index (κ3) is 3.14. The van der Waals surface area contributed by atoms with Crippen LogP contribution in [0.25, 0.3) is 0 Å². The summed E-state index contributed by atoms with van der Waals surface area (Å²) >= 11 is 0. The predicted octanol–water partition coefficient (Wildman–Crippen LogP) is 4.48. The molecule has 4 fully saturated rings. The molecule has 4 rings (SSSR count). The van der Waals surface area contributed by atoms with E-state index >= 15 is 0 Å². The second-order valence-corrected chi connectivity index (χ2v) is 11.4. The fourth-order valence-corrected chi connectivity index (χ4v) is 8.73.